The first-order valence-electron chi connectivity index (χ1n) is 8.26. The molecule has 25 heavy (non-hydrogen) atoms. The van der Waals surface area contributed by atoms with Crippen LogP contribution in [-0.2, 0) is 13.2 Å². The number of hydrogen-bond acceptors (Lipinski definition) is 4. The molecule has 0 radical (unpaired) electrons. The van der Waals surface area contributed by atoms with Crippen molar-refractivity contribution in [1.29, 1.82) is 0 Å². The number of aliphatic hydroxyl groups is 1. The van der Waals surface area contributed by atoms with Gasteiger partial charge in [-0.15, -0.1) is 0 Å². The second-order valence-electron chi connectivity index (χ2n) is 5.66. The first-order valence-corrected chi connectivity index (χ1v) is 8.26. The van der Waals surface area contributed by atoms with Crippen molar-refractivity contribution in [2.45, 2.75) is 26.2 Å². The van der Waals surface area contributed by atoms with Crippen molar-refractivity contribution in [3.8, 4) is 11.5 Å². The third-order valence-corrected chi connectivity index (χ3v) is 4.07. The molecule has 3 aromatic rings. The second kappa shape index (κ2) is 7.85. The quantitative estimate of drug-likeness (QED) is 0.715. The molecular formula is C20H22N2O3. The summed E-state index contributed by atoms with van der Waals surface area (Å²) in [6, 6.07) is 15.4. The molecule has 0 fully saturated rings. The van der Waals surface area contributed by atoms with E-state index in [1.807, 2.05) is 60.2 Å². The van der Waals surface area contributed by atoms with Gasteiger partial charge in [0.25, 0.3) is 0 Å². The van der Waals surface area contributed by atoms with Crippen LogP contribution in [0.3, 0.4) is 0 Å². The topological polar surface area (TPSA) is 56.5 Å². The standard InChI is InChI=1S/C20H22N2O3/c1-3-22-12-11-21-20(22)19(23)16-9-10-17(18(13-16)24-2)25-14-15-7-5-4-6-8-15/h4-13,19,23H,3,14H2,1-2H3. The summed E-state index contributed by atoms with van der Waals surface area (Å²) in [6.45, 7) is 3.22. The van der Waals surface area contributed by atoms with Gasteiger partial charge >= 0.3 is 0 Å². The zero-order valence-electron chi connectivity index (χ0n) is 14.4. The maximum absolute atomic E-state index is 10.6. The van der Waals surface area contributed by atoms with Gasteiger partial charge in [0, 0.05) is 18.9 Å². The van der Waals surface area contributed by atoms with E-state index in [2.05, 4.69) is 4.98 Å². The van der Waals surface area contributed by atoms with E-state index in [9.17, 15) is 5.11 Å². The van der Waals surface area contributed by atoms with Gasteiger partial charge in [-0.2, -0.15) is 0 Å². The molecule has 5 heteroatoms. The summed E-state index contributed by atoms with van der Waals surface area (Å²) in [5.41, 5.74) is 1.79. The Balaban J connectivity index is 1.79. The minimum Gasteiger partial charge on any atom is -0.493 e. The molecule has 0 saturated heterocycles. The summed E-state index contributed by atoms with van der Waals surface area (Å²) in [5.74, 6) is 1.84. The third kappa shape index (κ3) is 3.83. The molecule has 1 atom stereocenters. The fourth-order valence-electron chi connectivity index (χ4n) is 2.69. The summed E-state index contributed by atoms with van der Waals surface area (Å²) in [4.78, 5) is 4.26. The smallest absolute Gasteiger partial charge is 0.161 e. The van der Waals surface area contributed by atoms with Crippen LogP contribution in [0.15, 0.2) is 60.9 Å². The van der Waals surface area contributed by atoms with E-state index >= 15 is 0 Å². The summed E-state index contributed by atoms with van der Waals surface area (Å²) >= 11 is 0. The lowest BCUT2D eigenvalue weighted by Gasteiger charge is -2.16. The second-order valence-corrected chi connectivity index (χ2v) is 5.66. The molecule has 0 amide bonds. The number of nitrogens with zero attached hydrogens (tertiary/aromatic N) is 2. The van der Waals surface area contributed by atoms with Gasteiger partial charge in [0.2, 0.25) is 0 Å². The van der Waals surface area contributed by atoms with Gasteiger partial charge in [-0.05, 0) is 30.2 Å². The number of aromatic nitrogens is 2. The van der Waals surface area contributed by atoms with Crippen molar-refractivity contribution in [3.05, 3.63) is 77.9 Å². The van der Waals surface area contributed by atoms with E-state index in [0.717, 1.165) is 12.1 Å². The molecule has 0 saturated carbocycles. The molecule has 130 valence electrons. The number of ether oxygens (including phenoxy) is 2. The van der Waals surface area contributed by atoms with Gasteiger partial charge < -0.3 is 19.1 Å². The first-order chi connectivity index (χ1) is 12.2. The Bertz CT molecular complexity index is 815. The lowest BCUT2D eigenvalue weighted by Crippen LogP contribution is -2.09. The highest BCUT2D eigenvalue weighted by atomic mass is 16.5. The zero-order chi connectivity index (χ0) is 17.6. The average Bonchev–Trinajstić information content (AvgIpc) is 3.15. The number of hydrogen-bond donors (Lipinski definition) is 1. The third-order valence-electron chi connectivity index (χ3n) is 4.07. The Morgan fingerprint density at radius 3 is 2.64 bits per heavy atom. The van der Waals surface area contributed by atoms with Crippen LogP contribution in [0, 0.1) is 0 Å². The molecule has 0 spiro atoms. The van der Waals surface area contributed by atoms with Crippen LogP contribution in [-0.4, -0.2) is 21.8 Å². The number of benzene rings is 2. The fraction of sp³-hybridized carbons (Fsp3) is 0.250. The molecule has 1 heterocycles. The summed E-state index contributed by atoms with van der Waals surface area (Å²) < 4.78 is 13.2. The van der Waals surface area contributed by atoms with Crippen LogP contribution in [0.5, 0.6) is 11.5 Å². The van der Waals surface area contributed by atoms with E-state index in [0.29, 0.717) is 29.5 Å². The Morgan fingerprint density at radius 1 is 1.12 bits per heavy atom. The summed E-state index contributed by atoms with van der Waals surface area (Å²) in [5, 5.41) is 10.6. The number of methoxy groups -OCH3 is 1. The monoisotopic (exact) mass is 338 g/mol. The average molecular weight is 338 g/mol. The van der Waals surface area contributed by atoms with Crippen molar-refractivity contribution in [3.63, 3.8) is 0 Å². The van der Waals surface area contributed by atoms with Gasteiger partial charge in [-0.3, -0.25) is 0 Å². The van der Waals surface area contributed by atoms with Crippen LogP contribution >= 0.6 is 0 Å². The van der Waals surface area contributed by atoms with E-state index in [-0.39, 0.29) is 0 Å². The number of aliphatic hydroxyl groups excluding tert-OH is 1. The maximum Gasteiger partial charge on any atom is 0.161 e. The van der Waals surface area contributed by atoms with Gasteiger partial charge in [0.15, 0.2) is 11.5 Å². The lowest BCUT2D eigenvalue weighted by atomic mass is 10.1. The van der Waals surface area contributed by atoms with Crippen LogP contribution in [0.1, 0.15) is 30.0 Å². The normalized spacial score (nSPS) is 12.0. The molecule has 5 nitrogen and oxygen atoms in total. The first kappa shape index (κ1) is 17.0. The molecule has 1 N–H and O–H groups in total. The fourth-order valence-corrected chi connectivity index (χ4v) is 2.69. The molecule has 0 aliphatic heterocycles. The van der Waals surface area contributed by atoms with Crippen LogP contribution in [0.4, 0.5) is 0 Å². The molecule has 1 unspecified atom stereocenters. The summed E-state index contributed by atoms with van der Waals surface area (Å²) in [7, 11) is 1.59. The highest BCUT2D eigenvalue weighted by Gasteiger charge is 2.18. The SMILES string of the molecule is CCn1ccnc1C(O)c1ccc(OCc2ccccc2)c(OC)c1. The van der Waals surface area contributed by atoms with Crippen molar-refractivity contribution >= 4 is 0 Å². The number of aryl methyl sites for hydroxylation is 1. The zero-order valence-corrected chi connectivity index (χ0v) is 14.4. The van der Waals surface area contributed by atoms with Crippen molar-refractivity contribution in [2.75, 3.05) is 7.11 Å². The van der Waals surface area contributed by atoms with Crippen LogP contribution in [0.2, 0.25) is 0 Å². The van der Waals surface area contributed by atoms with E-state index in [1.165, 1.54) is 0 Å². The van der Waals surface area contributed by atoms with Gasteiger partial charge in [0.1, 0.15) is 18.5 Å². The highest BCUT2D eigenvalue weighted by molar-refractivity contribution is 5.44. The van der Waals surface area contributed by atoms with E-state index < -0.39 is 6.10 Å². The van der Waals surface area contributed by atoms with Crippen molar-refractivity contribution < 1.29 is 14.6 Å². The van der Waals surface area contributed by atoms with Gasteiger partial charge in [-0.1, -0.05) is 36.4 Å². The number of imidazole rings is 1. The van der Waals surface area contributed by atoms with Gasteiger partial charge in [0.05, 0.1) is 7.11 Å². The molecule has 1 aromatic heterocycles. The predicted molar refractivity (Wildman–Crippen MR) is 95.7 cm³/mol. The number of rotatable bonds is 7. The Labute approximate surface area is 147 Å². The maximum atomic E-state index is 10.6. The minimum absolute atomic E-state index is 0.458. The Hall–Kier alpha value is -2.79. The highest BCUT2D eigenvalue weighted by Crippen LogP contribution is 2.32. The Morgan fingerprint density at radius 2 is 1.92 bits per heavy atom. The summed E-state index contributed by atoms with van der Waals surface area (Å²) in [6.07, 6.45) is 2.73. The van der Waals surface area contributed by atoms with Crippen molar-refractivity contribution in [2.24, 2.45) is 0 Å². The van der Waals surface area contributed by atoms with E-state index in [1.54, 1.807) is 19.4 Å². The van der Waals surface area contributed by atoms with Crippen molar-refractivity contribution in [1.82, 2.24) is 9.55 Å². The van der Waals surface area contributed by atoms with Crippen LogP contribution in [0.25, 0.3) is 0 Å². The predicted octanol–water partition coefficient (Wildman–Crippen LogP) is 3.57. The molecule has 3 rings (SSSR count). The molecule has 2 aromatic carbocycles. The Kier molecular flexibility index (Phi) is 5.36. The molecular weight excluding hydrogens is 316 g/mol. The largest absolute Gasteiger partial charge is 0.493 e. The minimum atomic E-state index is -0.813. The van der Waals surface area contributed by atoms with Gasteiger partial charge in [-0.25, -0.2) is 4.98 Å². The molecule has 0 aliphatic rings. The molecule has 0 bridgehead atoms. The van der Waals surface area contributed by atoms with E-state index in [4.69, 9.17) is 9.47 Å². The van der Waals surface area contributed by atoms with Crippen LogP contribution < -0.4 is 9.47 Å². The lowest BCUT2D eigenvalue weighted by molar-refractivity contribution is 0.204. The molecule has 0 aliphatic carbocycles.